The molecule has 0 bridgehead atoms. The molecule has 1 aliphatic rings. The molecule has 0 heterocycles. The van der Waals surface area contributed by atoms with E-state index < -0.39 is 5.92 Å². The van der Waals surface area contributed by atoms with Crippen molar-refractivity contribution in [3.63, 3.8) is 0 Å². The van der Waals surface area contributed by atoms with E-state index in [1.807, 2.05) is 0 Å². The summed E-state index contributed by atoms with van der Waals surface area (Å²) in [6, 6.07) is 0. The Bertz CT molecular complexity index is 173. The Morgan fingerprint density at radius 2 is 1.56 bits per heavy atom. The quantitative estimate of drug-likeness (QED) is 0.524. The SMILES string of the molecule is CCCCC(CCCC)CC1CC(F)(F)C1. The Hall–Kier alpha value is -0.140. The van der Waals surface area contributed by atoms with Gasteiger partial charge >= 0.3 is 0 Å². The van der Waals surface area contributed by atoms with E-state index in [4.69, 9.17) is 0 Å². The standard InChI is InChI=1S/C14H26F2/c1-3-5-7-12(8-6-4-2)9-13-10-14(15,16)11-13/h12-13H,3-11H2,1-2H3. The van der Waals surface area contributed by atoms with Crippen molar-refractivity contribution >= 4 is 0 Å². The van der Waals surface area contributed by atoms with Crippen LogP contribution < -0.4 is 0 Å². The average Bonchev–Trinajstić information content (AvgIpc) is 2.19. The van der Waals surface area contributed by atoms with Crippen LogP contribution in [0.1, 0.15) is 71.6 Å². The molecule has 0 aliphatic heterocycles. The highest BCUT2D eigenvalue weighted by Crippen LogP contribution is 2.46. The minimum Gasteiger partial charge on any atom is -0.207 e. The lowest BCUT2D eigenvalue weighted by molar-refractivity contribution is -0.115. The van der Waals surface area contributed by atoms with Crippen molar-refractivity contribution in [3.05, 3.63) is 0 Å². The lowest BCUT2D eigenvalue weighted by Gasteiger charge is -2.37. The molecular formula is C14H26F2. The van der Waals surface area contributed by atoms with E-state index in [0.29, 0.717) is 11.8 Å². The number of alkyl halides is 2. The predicted molar refractivity (Wildman–Crippen MR) is 64.8 cm³/mol. The molecule has 0 aromatic carbocycles. The molecule has 0 N–H and O–H groups in total. The number of hydrogen-bond acceptors (Lipinski definition) is 0. The summed E-state index contributed by atoms with van der Waals surface area (Å²) >= 11 is 0. The van der Waals surface area contributed by atoms with Crippen LogP contribution in [-0.2, 0) is 0 Å². The van der Waals surface area contributed by atoms with Gasteiger partial charge in [-0.1, -0.05) is 52.4 Å². The van der Waals surface area contributed by atoms with Gasteiger partial charge in [0.15, 0.2) is 0 Å². The molecule has 0 saturated heterocycles. The summed E-state index contributed by atoms with van der Waals surface area (Å²) in [4.78, 5) is 0. The summed E-state index contributed by atoms with van der Waals surface area (Å²) in [5, 5.41) is 0. The molecule has 0 spiro atoms. The van der Waals surface area contributed by atoms with Gasteiger partial charge in [0.05, 0.1) is 0 Å². The van der Waals surface area contributed by atoms with Crippen molar-refractivity contribution in [2.75, 3.05) is 0 Å². The van der Waals surface area contributed by atoms with Crippen LogP contribution in [0.4, 0.5) is 8.78 Å². The zero-order valence-electron chi connectivity index (χ0n) is 10.8. The smallest absolute Gasteiger partial charge is 0.207 e. The first-order chi connectivity index (χ1) is 7.57. The van der Waals surface area contributed by atoms with Crippen molar-refractivity contribution < 1.29 is 8.78 Å². The number of rotatable bonds is 8. The first-order valence-corrected chi connectivity index (χ1v) is 6.95. The van der Waals surface area contributed by atoms with Crippen molar-refractivity contribution in [1.82, 2.24) is 0 Å². The summed E-state index contributed by atoms with van der Waals surface area (Å²) in [6.45, 7) is 4.41. The summed E-state index contributed by atoms with van der Waals surface area (Å²) in [5.41, 5.74) is 0. The Kier molecular flexibility index (Phi) is 5.71. The van der Waals surface area contributed by atoms with Crippen molar-refractivity contribution in [1.29, 1.82) is 0 Å². The van der Waals surface area contributed by atoms with Gasteiger partial charge in [-0.15, -0.1) is 0 Å². The third-order valence-corrected chi connectivity index (χ3v) is 3.77. The first-order valence-electron chi connectivity index (χ1n) is 6.95. The fourth-order valence-electron chi connectivity index (χ4n) is 2.79. The van der Waals surface area contributed by atoms with Gasteiger partial charge in [-0.3, -0.25) is 0 Å². The maximum absolute atomic E-state index is 12.7. The molecule has 1 rings (SSSR count). The molecule has 96 valence electrons. The minimum atomic E-state index is -2.33. The average molecular weight is 232 g/mol. The topological polar surface area (TPSA) is 0 Å². The van der Waals surface area contributed by atoms with Crippen LogP contribution in [-0.4, -0.2) is 5.92 Å². The third-order valence-electron chi connectivity index (χ3n) is 3.77. The van der Waals surface area contributed by atoms with Crippen LogP contribution in [0.25, 0.3) is 0 Å². The van der Waals surface area contributed by atoms with Crippen LogP contribution in [0.5, 0.6) is 0 Å². The van der Waals surface area contributed by atoms with Gasteiger partial charge in [-0.2, -0.15) is 0 Å². The lowest BCUT2D eigenvalue weighted by atomic mass is 9.74. The van der Waals surface area contributed by atoms with E-state index in [-0.39, 0.29) is 12.8 Å². The molecule has 0 aromatic heterocycles. The van der Waals surface area contributed by atoms with Crippen molar-refractivity contribution in [2.45, 2.75) is 77.6 Å². The van der Waals surface area contributed by atoms with Crippen LogP contribution in [0.15, 0.2) is 0 Å². The number of unbranched alkanes of at least 4 members (excludes halogenated alkanes) is 2. The summed E-state index contributed by atoms with van der Waals surface area (Å²) in [7, 11) is 0. The molecule has 0 unspecified atom stereocenters. The summed E-state index contributed by atoms with van der Waals surface area (Å²) in [6.07, 6.45) is 8.83. The van der Waals surface area contributed by atoms with Gasteiger partial charge in [-0.05, 0) is 18.3 Å². The van der Waals surface area contributed by atoms with Crippen LogP contribution in [0.3, 0.4) is 0 Å². The van der Waals surface area contributed by atoms with E-state index in [1.54, 1.807) is 0 Å². The maximum Gasteiger partial charge on any atom is 0.248 e. The second-order valence-corrected chi connectivity index (χ2v) is 5.52. The molecule has 0 atom stereocenters. The molecule has 0 aromatic rings. The highest BCUT2D eigenvalue weighted by molar-refractivity contribution is 4.87. The number of hydrogen-bond donors (Lipinski definition) is 0. The fourth-order valence-corrected chi connectivity index (χ4v) is 2.79. The molecule has 2 heteroatoms. The van der Waals surface area contributed by atoms with E-state index in [9.17, 15) is 8.78 Å². The van der Waals surface area contributed by atoms with Crippen molar-refractivity contribution in [2.24, 2.45) is 11.8 Å². The Labute approximate surface area is 98.8 Å². The third kappa shape index (κ3) is 4.80. The molecule has 0 amide bonds. The largest absolute Gasteiger partial charge is 0.248 e. The van der Waals surface area contributed by atoms with Crippen LogP contribution in [0.2, 0.25) is 0 Å². The molecule has 1 saturated carbocycles. The Balaban J connectivity index is 2.21. The minimum absolute atomic E-state index is 0.155. The van der Waals surface area contributed by atoms with Gasteiger partial charge in [0.25, 0.3) is 0 Å². The maximum atomic E-state index is 12.7. The van der Waals surface area contributed by atoms with Gasteiger partial charge in [-0.25, -0.2) is 8.78 Å². The first kappa shape index (κ1) is 13.9. The zero-order chi connectivity index (χ0) is 12.0. The monoisotopic (exact) mass is 232 g/mol. The summed E-state index contributed by atoms with van der Waals surface area (Å²) in [5.74, 6) is -1.31. The van der Waals surface area contributed by atoms with Crippen LogP contribution in [0, 0.1) is 11.8 Å². The van der Waals surface area contributed by atoms with E-state index in [0.717, 1.165) is 6.42 Å². The lowest BCUT2D eigenvalue weighted by Crippen LogP contribution is -2.36. The molecule has 1 fully saturated rings. The van der Waals surface area contributed by atoms with Crippen LogP contribution >= 0.6 is 0 Å². The Morgan fingerprint density at radius 3 is 1.94 bits per heavy atom. The highest BCUT2D eigenvalue weighted by Gasteiger charge is 2.45. The van der Waals surface area contributed by atoms with Crippen molar-refractivity contribution in [3.8, 4) is 0 Å². The van der Waals surface area contributed by atoms with E-state index in [2.05, 4.69) is 13.8 Å². The van der Waals surface area contributed by atoms with E-state index in [1.165, 1.54) is 38.5 Å². The molecule has 16 heavy (non-hydrogen) atoms. The molecule has 0 nitrogen and oxygen atoms in total. The van der Waals surface area contributed by atoms with Gasteiger partial charge in [0, 0.05) is 12.8 Å². The van der Waals surface area contributed by atoms with Gasteiger partial charge < -0.3 is 0 Å². The fraction of sp³-hybridized carbons (Fsp3) is 1.00. The zero-order valence-corrected chi connectivity index (χ0v) is 10.8. The Morgan fingerprint density at radius 1 is 1.06 bits per heavy atom. The van der Waals surface area contributed by atoms with E-state index >= 15 is 0 Å². The summed E-state index contributed by atoms with van der Waals surface area (Å²) < 4.78 is 25.5. The predicted octanol–water partition coefficient (Wildman–Crippen LogP) is 5.42. The number of halogens is 2. The molecular weight excluding hydrogens is 206 g/mol. The second kappa shape index (κ2) is 6.56. The molecule has 1 aliphatic carbocycles. The van der Waals surface area contributed by atoms with Gasteiger partial charge in [0.2, 0.25) is 5.92 Å². The molecule has 0 radical (unpaired) electrons. The highest BCUT2D eigenvalue weighted by atomic mass is 19.3. The second-order valence-electron chi connectivity index (χ2n) is 5.52. The normalized spacial score (nSPS) is 20.1. The van der Waals surface area contributed by atoms with Gasteiger partial charge in [0.1, 0.15) is 0 Å².